The maximum atomic E-state index is 11.8. The van der Waals surface area contributed by atoms with Crippen molar-refractivity contribution in [3.05, 3.63) is 72.4 Å². The van der Waals surface area contributed by atoms with Crippen LogP contribution < -0.4 is 5.32 Å². The van der Waals surface area contributed by atoms with Crippen LogP contribution in [0.3, 0.4) is 0 Å². The Morgan fingerprint density at radius 3 is 2.03 bits per heavy atom. The fourth-order valence-electron chi connectivity index (χ4n) is 3.30. The highest BCUT2D eigenvalue weighted by atomic mass is 32.2. The minimum absolute atomic E-state index is 0.0252. The predicted octanol–water partition coefficient (Wildman–Crippen LogP) is 3.55. The number of rotatable bonds is 3. The van der Waals surface area contributed by atoms with Crippen LogP contribution in [0.2, 0.25) is 0 Å². The molecule has 1 fully saturated rings. The molecule has 2 amide bonds. The first kappa shape index (κ1) is 21.6. The molecule has 1 saturated heterocycles. The van der Waals surface area contributed by atoms with Gasteiger partial charge in [-0.15, -0.1) is 11.8 Å². The predicted molar refractivity (Wildman–Crippen MR) is 117 cm³/mol. The summed E-state index contributed by atoms with van der Waals surface area (Å²) in [7, 11) is 1.27. The summed E-state index contributed by atoms with van der Waals surface area (Å²) in [6.07, 6.45) is 1.90. The molecule has 6 nitrogen and oxygen atoms in total. The van der Waals surface area contributed by atoms with Gasteiger partial charge in [-0.05, 0) is 18.1 Å². The molecule has 2 aliphatic rings. The van der Waals surface area contributed by atoms with Gasteiger partial charge in [0, 0.05) is 13.1 Å². The van der Waals surface area contributed by atoms with Crippen molar-refractivity contribution in [3.8, 4) is 11.1 Å². The third-order valence-corrected chi connectivity index (χ3v) is 6.26. The number of nitrogens with zero attached hydrogens (tertiary/aromatic N) is 1. The largest absolute Gasteiger partial charge is 0.466 e. The van der Waals surface area contributed by atoms with Gasteiger partial charge >= 0.3 is 5.97 Å². The summed E-state index contributed by atoms with van der Waals surface area (Å²) in [5.74, 6) is -0.811. The van der Waals surface area contributed by atoms with E-state index in [9.17, 15) is 14.4 Å². The Kier molecular flexibility index (Phi) is 6.62. The Hall–Kier alpha value is -3.06. The Bertz CT molecular complexity index is 924. The number of thioether (sulfide) groups is 1. The van der Waals surface area contributed by atoms with Crippen LogP contribution >= 0.6 is 11.8 Å². The van der Waals surface area contributed by atoms with Crippen molar-refractivity contribution in [1.29, 1.82) is 0 Å². The smallest absolute Gasteiger partial charge is 0.338 e. The van der Waals surface area contributed by atoms with E-state index in [2.05, 4.69) is 53.8 Å². The summed E-state index contributed by atoms with van der Waals surface area (Å²) >= 11 is 1.37. The van der Waals surface area contributed by atoms with E-state index in [0.29, 0.717) is 6.42 Å². The standard InChI is InChI=1S/C12H10.C11H14N2O4S/c1-3-7-11(8-4-1)12-9-5-2-6-10-12;1-6(14)12-11(2)7(10(16)17-3)5-13-8(15)4-9(13)18-11/h1-10H;5,9H,4H2,1-3H3,(H,12,14)/t;9-,11?/m.1/s1. The Labute approximate surface area is 180 Å². The Morgan fingerprint density at radius 1 is 1.07 bits per heavy atom. The van der Waals surface area contributed by atoms with Crippen LogP contribution in [-0.2, 0) is 19.1 Å². The van der Waals surface area contributed by atoms with Gasteiger partial charge in [0.2, 0.25) is 11.8 Å². The molecule has 2 aromatic rings. The lowest BCUT2D eigenvalue weighted by molar-refractivity contribution is -0.138. The lowest BCUT2D eigenvalue weighted by Gasteiger charge is -2.47. The van der Waals surface area contributed by atoms with E-state index >= 15 is 0 Å². The zero-order valence-electron chi connectivity index (χ0n) is 17.1. The third-order valence-electron chi connectivity index (χ3n) is 4.80. The first-order valence-electron chi connectivity index (χ1n) is 9.53. The second-order valence-electron chi connectivity index (χ2n) is 7.06. The average molecular weight is 425 g/mol. The number of hydrogen-bond donors (Lipinski definition) is 1. The van der Waals surface area contributed by atoms with Crippen LogP contribution in [0.1, 0.15) is 20.3 Å². The fraction of sp³-hybridized carbons (Fsp3) is 0.261. The highest BCUT2D eigenvalue weighted by molar-refractivity contribution is 8.01. The molecule has 0 bridgehead atoms. The molecule has 30 heavy (non-hydrogen) atoms. The molecule has 1 unspecified atom stereocenters. The highest BCUT2D eigenvalue weighted by Crippen LogP contribution is 2.45. The summed E-state index contributed by atoms with van der Waals surface area (Å²) in [6, 6.07) is 20.8. The van der Waals surface area contributed by atoms with Crippen molar-refractivity contribution in [3.63, 3.8) is 0 Å². The summed E-state index contributed by atoms with van der Waals surface area (Å²) in [5.41, 5.74) is 2.82. The molecule has 7 heteroatoms. The number of nitrogens with one attached hydrogen (secondary N) is 1. The molecule has 2 aromatic carbocycles. The molecule has 0 spiro atoms. The van der Waals surface area contributed by atoms with Crippen molar-refractivity contribution < 1.29 is 19.1 Å². The molecule has 4 rings (SSSR count). The summed E-state index contributed by atoms with van der Waals surface area (Å²) in [5, 5.41) is 2.71. The zero-order chi connectivity index (χ0) is 21.7. The fourth-order valence-corrected chi connectivity index (χ4v) is 4.83. The van der Waals surface area contributed by atoms with Crippen molar-refractivity contribution in [2.75, 3.05) is 7.11 Å². The molecule has 2 aliphatic heterocycles. The van der Waals surface area contributed by atoms with Gasteiger partial charge < -0.3 is 15.0 Å². The molecule has 2 atom stereocenters. The van der Waals surface area contributed by atoms with Crippen LogP contribution in [0.15, 0.2) is 72.4 Å². The number of esters is 1. The van der Waals surface area contributed by atoms with Crippen LogP contribution in [-0.4, -0.2) is 40.0 Å². The third kappa shape index (κ3) is 4.74. The number of carbonyl (C=O) groups is 3. The van der Waals surface area contributed by atoms with Crippen molar-refractivity contribution in [2.24, 2.45) is 0 Å². The highest BCUT2D eigenvalue weighted by Gasteiger charge is 2.49. The molecule has 0 aliphatic carbocycles. The maximum Gasteiger partial charge on any atom is 0.338 e. The maximum absolute atomic E-state index is 11.8. The Balaban J connectivity index is 0.000000184. The van der Waals surface area contributed by atoms with Gasteiger partial charge in [-0.2, -0.15) is 0 Å². The minimum atomic E-state index is -0.860. The van der Waals surface area contributed by atoms with Crippen LogP contribution in [0.5, 0.6) is 0 Å². The van der Waals surface area contributed by atoms with Gasteiger partial charge in [-0.25, -0.2) is 4.79 Å². The topological polar surface area (TPSA) is 75.7 Å². The van der Waals surface area contributed by atoms with Gasteiger partial charge in [0.05, 0.1) is 24.5 Å². The van der Waals surface area contributed by atoms with E-state index in [4.69, 9.17) is 4.74 Å². The molecule has 156 valence electrons. The lowest BCUT2D eigenvalue weighted by atomic mass is 10.1. The second kappa shape index (κ2) is 9.17. The number of ether oxygens (including phenoxy) is 1. The number of methoxy groups -OCH3 is 1. The number of fused-ring (bicyclic) bond motifs is 1. The molecule has 0 radical (unpaired) electrons. The SMILES string of the molecule is COC(=O)C1=CN2C(=O)C[C@H]2SC1(C)NC(C)=O.c1ccc(-c2ccccc2)cc1. The summed E-state index contributed by atoms with van der Waals surface area (Å²) in [4.78, 5) is 35.0. The van der Waals surface area contributed by atoms with Gasteiger partial charge in [0.1, 0.15) is 4.87 Å². The van der Waals surface area contributed by atoms with Crippen molar-refractivity contribution in [1.82, 2.24) is 10.2 Å². The summed E-state index contributed by atoms with van der Waals surface area (Å²) < 4.78 is 4.70. The first-order chi connectivity index (χ1) is 14.3. The van der Waals surface area contributed by atoms with E-state index < -0.39 is 10.8 Å². The molecule has 1 N–H and O–H groups in total. The molecular weight excluding hydrogens is 400 g/mol. The number of carbonyl (C=O) groups excluding carboxylic acids is 3. The van der Waals surface area contributed by atoms with Gasteiger partial charge in [0.25, 0.3) is 0 Å². The van der Waals surface area contributed by atoms with E-state index in [0.717, 1.165) is 0 Å². The number of benzene rings is 2. The lowest BCUT2D eigenvalue weighted by Crippen LogP contribution is -2.58. The quantitative estimate of drug-likeness (QED) is 0.602. The van der Waals surface area contributed by atoms with Gasteiger partial charge in [-0.3, -0.25) is 9.59 Å². The monoisotopic (exact) mass is 424 g/mol. The first-order valence-corrected chi connectivity index (χ1v) is 10.4. The Morgan fingerprint density at radius 2 is 1.60 bits per heavy atom. The molecule has 2 heterocycles. The summed E-state index contributed by atoms with van der Waals surface area (Å²) in [6.45, 7) is 3.13. The van der Waals surface area contributed by atoms with Crippen LogP contribution in [0.25, 0.3) is 11.1 Å². The number of amides is 2. The molecular formula is C23H24N2O4S. The van der Waals surface area contributed by atoms with Crippen LogP contribution in [0, 0.1) is 0 Å². The number of β-lactam (4-membered cyclic amide) rings is 1. The van der Waals surface area contributed by atoms with E-state index in [1.165, 1.54) is 48.0 Å². The zero-order valence-corrected chi connectivity index (χ0v) is 17.9. The van der Waals surface area contributed by atoms with Crippen molar-refractivity contribution >= 4 is 29.5 Å². The van der Waals surface area contributed by atoms with Crippen molar-refractivity contribution in [2.45, 2.75) is 30.5 Å². The van der Waals surface area contributed by atoms with E-state index in [1.807, 2.05) is 12.1 Å². The van der Waals surface area contributed by atoms with E-state index in [1.54, 1.807) is 6.92 Å². The van der Waals surface area contributed by atoms with E-state index in [-0.39, 0.29) is 22.8 Å². The second-order valence-corrected chi connectivity index (χ2v) is 8.65. The average Bonchev–Trinajstić information content (AvgIpc) is 2.74. The van der Waals surface area contributed by atoms with Crippen LogP contribution in [0.4, 0.5) is 0 Å². The minimum Gasteiger partial charge on any atom is -0.466 e. The molecule has 0 aromatic heterocycles. The van der Waals surface area contributed by atoms with Gasteiger partial charge in [-0.1, -0.05) is 60.7 Å². The molecule has 0 saturated carbocycles. The van der Waals surface area contributed by atoms with Gasteiger partial charge in [0.15, 0.2) is 0 Å². The normalized spacial score (nSPS) is 21.8. The number of hydrogen-bond acceptors (Lipinski definition) is 5.